The molecule has 0 spiro atoms. The normalized spacial score (nSPS) is 20.1. The number of carbonyl (C=O) groups excluding carboxylic acids is 1. The number of fused-ring (bicyclic) bond motifs is 1. The lowest BCUT2D eigenvalue weighted by atomic mass is 9.85. The molecule has 0 saturated carbocycles. The first kappa shape index (κ1) is 11.2. The second kappa shape index (κ2) is 3.92. The highest BCUT2D eigenvalue weighted by molar-refractivity contribution is 5.93. The third-order valence-corrected chi connectivity index (χ3v) is 3.18. The minimum absolute atomic E-state index is 0.105. The maximum atomic E-state index is 11.7. The summed E-state index contributed by atoms with van der Waals surface area (Å²) in [6.07, 6.45) is 2.48. The van der Waals surface area contributed by atoms with E-state index in [1.165, 1.54) is 5.56 Å². The molecular formula is C12H19N3O. The number of nitrogens with zero attached hydrogens (tertiary/aromatic N) is 2. The number of aromatic nitrogens is 2. The van der Waals surface area contributed by atoms with Gasteiger partial charge in [0.05, 0.1) is 6.20 Å². The van der Waals surface area contributed by atoms with Gasteiger partial charge in [0.25, 0.3) is 0 Å². The van der Waals surface area contributed by atoms with Gasteiger partial charge in [0.1, 0.15) is 5.82 Å². The summed E-state index contributed by atoms with van der Waals surface area (Å²) >= 11 is 0. The molecule has 1 amide bonds. The summed E-state index contributed by atoms with van der Waals surface area (Å²) in [4.78, 5) is 11.7. The van der Waals surface area contributed by atoms with Crippen molar-refractivity contribution in [2.24, 2.45) is 5.92 Å². The molecule has 1 aromatic heterocycles. The van der Waals surface area contributed by atoms with Gasteiger partial charge in [-0.05, 0) is 19.8 Å². The lowest BCUT2D eigenvalue weighted by Gasteiger charge is -2.26. The molecule has 0 bridgehead atoms. The van der Waals surface area contributed by atoms with Crippen molar-refractivity contribution in [2.45, 2.75) is 46.1 Å². The third kappa shape index (κ3) is 1.72. The van der Waals surface area contributed by atoms with Crippen LogP contribution in [0.25, 0.3) is 0 Å². The van der Waals surface area contributed by atoms with Crippen molar-refractivity contribution in [2.75, 3.05) is 5.32 Å². The van der Waals surface area contributed by atoms with Crippen molar-refractivity contribution < 1.29 is 4.79 Å². The summed E-state index contributed by atoms with van der Waals surface area (Å²) in [5.41, 5.74) is 1.18. The van der Waals surface area contributed by atoms with Crippen LogP contribution in [0.3, 0.4) is 0 Å². The first-order valence-electron chi connectivity index (χ1n) is 5.88. The van der Waals surface area contributed by atoms with Gasteiger partial charge in [-0.25, -0.2) is 4.68 Å². The van der Waals surface area contributed by atoms with Crippen molar-refractivity contribution in [3.63, 3.8) is 0 Å². The van der Waals surface area contributed by atoms with Crippen LogP contribution in [-0.4, -0.2) is 15.7 Å². The van der Waals surface area contributed by atoms with Gasteiger partial charge in [-0.3, -0.25) is 4.79 Å². The van der Waals surface area contributed by atoms with Crippen LogP contribution in [0.4, 0.5) is 5.82 Å². The van der Waals surface area contributed by atoms with E-state index in [4.69, 9.17) is 0 Å². The molecule has 2 rings (SSSR count). The number of anilines is 1. The summed E-state index contributed by atoms with van der Waals surface area (Å²) in [5, 5.41) is 7.30. The molecule has 0 aromatic carbocycles. The van der Waals surface area contributed by atoms with E-state index in [1.54, 1.807) is 0 Å². The van der Waals surface area contributed by atoms with Crippen LogP contribution in [-0.2, 0) is 4.79 Å². The van der Waals surface area contributed by atoms with Crippen molar-refractivity contribution >= 4 is 11.7 Å². The zero-order valence-corrected chi connectivity index (χ0v) is 10.3. The zero-order valence-electron chi connectivity index (χ0n) is 10.3. The molecule has 1 aliphatic rings. The molecule has 0 aliphatic carbocycles. The fourth-order valence-electron chi connectivity index (χ4n) is 2.26. The average Bonchev–Trinajstić information content (AvgIpc) is 2.59. The Morgan fingerprint density at radius 1 is 1.44 bits per heavy atom. The molecule has 1 atom stereocenters. The van der Waals surface area contributed by atoms with Gasteiger partial charge in [0.2, 0.25) is 5.91 Å². The maximum absolute atomic E-state index is 11.7. The average molecular weight is 221 g/mol. The monoisotopic (exact) mass is 221 g/mol. The quantitative estimate of drug-likeness (QED) is 0.834. The van der Waals surface area contributed by atoms with E-state index in [1.807, 2.05) is 10.9 Å². The van der Waals surface area contributed by atoms with Crippen molar-refractivity contribution in [1.82, 2.24) is 9.78 Å². The fourth-order valence-corrected chi connectivity index (χ4v) is 2.26. The van der Waals surface area contributed by atoms with E-state index < -0.39 is 0 Å². The number of carbonyl (C=O) groups is 1. The summed E-state index contributed by atoms with van der Waals surface area (Å²) in [6, 6.07) is 0.273. The van der Waals surface area contributed by atoms with Crippen molar-refractivity contribution in [3.8, 4) is 0 Å². The van der Waals surface area contributed by atoms with Crippen LogP contribution in [0.15, 0.2) is 6.20 Å². The van der Waals surface area contributed by atoms with E-state index in [-0.39, 0.29) is 11.9 Å². The summed E-state index contributed by atoms with van der Waals surface area (Å²) < 4.78 is 1.89. The minimum Gasteiger partial charge on any atom is -0.311 e. The minimum atomic E-state index is 0.105. The molecule has 4 nitrogen and oxygen atoms in total. The van der Waals surface area contributed by atoms with E-state index in [0.29, 0.717) is 18.3 Å². The van der Waals surface area contributed by atoms with Crippen molar-refractivity contribution in [3.05, 3.63) is 11.8 Å². The molecule has 1 aliphatic heterocycles. The molecule has 1 aromatic rings. The number of hydrogen-bond acceptors (Lipinski definition) is 2. The first-order chi connectivity index (χ1) is 7.50. The van der Waals surface area contributed by atoms with Gasteiger partial charge in [0, 0.05) is 23.9 Å². The molecule has 2 heterocycles. The van der Waals surface area contributed by atoms with Crippen LogP contribution in [0.2, 0.25) is 0 Å². The Hall–Kier alpha value is -1.32. The van der Waals surface area contributed by atoms with Crippen LogP contribution in [0, 0.1) is 5.92 Å². The fraction of sp³-hybridized carbons (Fsp3) is 0.667. The van der Waals surface area contributed by atoms with Gasteiger partial charge >= 0.3 is 0 Å². The molecule has 1 N–H and O–H groups in total. The van der Waals surface area contributed by atoms with Crippen LogP contribution in [0.1, 0.15) is 51.6 Å². The van der Waals surface area contributed by atoms with Gasteiger partial charge < -0.3 is 5.32 Å². The smallest absolute Gasteiger partial charge is 0.226 e. The lowest BCUT2D eigenvalue weighted by molar-refractivity contribution is -0.117. The topological polar surface area (TPSA) is 46.9 Å². The van der Waals surface area contributed by atoms with E-state index in [0.717, 1.165) is 5.82 Å². The summed E-state index contributed by atoms with van der Waals surface area (Å²) in [6.45, 7) is 8.44. The Kier molecular flexibility index (Phi) is 2.74. The van der Waals surface area contributed by atoms with Crippen LogP contribution < -0.4 is 5.32 Å². The van der Waals surface area contributed by atoms with Gasteiger partial charge in [-0.15, -0.1) is 0 Å². The number of amides is 1. The van der Waals surface area contributed by atoms with Gasteiger partial charge in [-0.1, -0.05) is 13.8 Å². The molecule has 4 heteroatoms. The van der Waals surface area contributed by atoms with E-state index in [9.17, 15) is 4.79 Å². The predicted molar refractivity (Wildman–Crippen MR) is 63.4 cm³/mol. The molecule has 0 radical (unpaired) electrons. The van der Waals surface area contributed by atoms with Gasteiger partial charge in [0.15, 0.2) is 0 Å². The summed E-state index contributed by atoms with van der Waals surface area (Å²) in [7, 11) is 0. The Morgan fingerprint density at radius 2 is 2.12 bits per heavy atom. The Morgan fingerprint density at radius 3 is 2.69 bits per heavy atom. The second-order valence-corrected chi connectivity index (χ2v) is 5.09. The Labute approximate surface area is 96.0 Å². The molecule has 88 valence electrons. The SMILES string of the molecule is CC(C)C1CC(=O)Nc2c1cnn2C(C)C. The predicted octanol–water partition coefficient (Wildman–Crippen LogP) is 2.55. The molecule has 0 saturated heterocycles. The second-order valence-electron chi connectivity index (χ2n) is 5.09. The molecular weight excluding hydrogens is 202 g/mol. The van der Waals surface area contributed by atoms with Gasteiger partial charge in [-0.2, -0.15) is 5.10 Å². The zero-order chi connectivity index (χ0) is 11.9. The molecule has 1 unspecified atom stereocenters. The van der Waals surface area contributed by atoms with E-state index >= 15 is 0 Å². The largest absolute Gasteiger partial charge is 0.311 e. The summed E-state index contributed by atoms with van der Waals surface area (Å²) in [5.74, 6) is 1.77. The molecule has 0 fully saturated rings. The first-order valence-corrected chi connectivity index (χ1v) is 5.88. The lowest BCUT2D eigenvalue weighted by Crippen LogP contribution is -2.26. The highest BCUT2D eigenvalue weighted by atomic mass is 16.1. The highest BCUT2D eigenvalue weighted by Crippen LogP contribution is 2.37. The maximum Gasteiger partial charge on any atom is 0.226 e. The van der Waals surface area contributed by atoms with Crippen LogP contribution >= 0.6 is 0 Å². The number of rotatable bonds is 2. The highest BCUT2D eigenvalue weighted by Gasteiger charge is 2.30. The third-order valence-electron chi connectivity index (χ3n) is 3.18. The van der Waals surface area contributed by atoms with Crippen LogP contribution in [0.5, 0.6) is 0 Å². The Bertz CT molecular complexity index is 406. The van der Waals surface area contributed by atoms with Crippen molar-refractivity contribution in [1.29, 1.82) is 0 Å². The Balaban J connectivity index is 2.45. The molecule has 16 heavy (non-hydrogen) atoms. The standard InChI is InChI=1S/C12H19N3O/c1-7(2)9-5-11(16)14-12-10(9)6-13-15(12)8(3)4/h6-9H,5H2,1-4H3,(H,14,16). The number of nitrogens with one attached hydrogen (secondary N) is 1. The van der Waals surface area contributed by atoms with E-state index in [2.05, 4.69) is 38.1 Å². The number of hydrogen-bond donors (Lipinski definition) is 1.